The lowest BCUT2D eigenvalue weighted by Gasteiger charge is -2.57. The van der Waals surface area contributed by atoms with Gasteiger partial charge in [0.15, 0.2) is 17.2 Å². The van der Waals surface area contributed by atoms with E-state index in [9.17, 15) is 24.9 Å². The van der Waals surface area contributed by atoms with Crippen molar-refractivity contribution in [1.82, 2.24) is 0 Å². The number of hydrogen-bond acceptors (Lipinski definition) is 5. The second-order valence-electron chi connectivity index (χ2n) is 9.09. The molecule has 6 atom stereocenters. The lowest BCUT2D eigenvalue weighted by Crippen LogP contribution is -2.60. The summed E-state index contributed by atoms with van der Waals surface area (Å²) >= 11 is 0. The van der Waals surface area contributed by atoms with E-state index in [-0.39, 0.29) is 17.1 Å². The average molecular weight is 360 g/mol. The van der Waals surface area contributed by atoms with Gasteiger partial charge in [-0.1, -0.05) is 31.1 Å². The Labute approximate surface area is 153 Å². The molecule has 5 heteroatoms. The fraction of sp³-hybridized carbons (Fsp3) is 0.714. The van der Waals surface area contributed by atoms with Gasteiger partial charge in [-0.2, -0.15) is 0 Å². The summed E-state index contributed by atoms with van der Waals surface area (Å²) < 4.78 is 0. The maximum absolute atomic E-state index is 12.4. The van der Waals surface area contributed by atoms with Crippen LogP contribution in [0.4, 0.5) is 0 Å². The summed E-state index contributed by atoms with van der Waals surface area (Å²) in [4.78, 5) is 24.2. The lowest BCUT2D eigenvalue weighted by molar-refractivity contribution is -0.168. The van der Waals surface area contributed by atoms with Crippen LogP contribution in [-0.4, -0.2) is 45.2 Å². The molecule has 0 aromatic rings. The SMILES string of the molecule is C[C@]12CCC(=O)C=C1CC[C@H]1C3=C[C@@H](O)[C@](O)(C(=O)CO)[C@@]3(C)CC[C@@H]12. The molecule has 26 heavy (non-hydrogen) atoms. The number of hydrogen-bond donors (Lipinski definition) is 3. The second kappa shape index (κ2) is 5.60. The van der Waals surface area contributed by atoms with Crippen LogP contribution >= 0.6 is 0 Å². The van der Waals surface area contributed by atoms with Crippen molar-refractivity contribution in [3.05, 3.63) is 23.3 Å². The van der Waals surface area contributed by atoms with Crippen LogP contribution in [0.25, 0.3) is 0 Å². The summed E-state index contributed by atoms with van der Waals surface area (Å²) in [6.07, 6.45) is 6.83. The highest BCUT2D eigenvalue weighted by Crippen LogP contribution is 2.65. The second-order valence-corrected chi connectivity index (χ2v) is 9.09. The topological polar surface area (TPSA) is 94.8 Å². The third-order valence-corrected chi connectivity index (χ3v) is 8.16. The van der Waals surface area contributed by atoms with Gasteiger partial charge in [0.1, 0.15) is 12.7 Å². The Morgan fingerprint density at radius 1 is 1.23 bits per heavy atom. The molecule has 0 spiro atoms. The van der Waals surface area contributed by atoms with Crippen molar-refractivity contribution in [2.75, 3.05) is 6.61 Å². The van der Waals surface area contributed by atoms with Crippen molar-refractivity contribution in [3.63, 3.8) is 0 Å². The normalized spacial score (nSPS) is 47.4. The van der Waals surface area contributed by atoms with Gasteiger partial charge in [-0.25, -0.2) is 0 Å². The van der Waals surface area contributed by atoms with E-state index in [4.69, 9.17) is 0 Å². The first kappa shape index (κ1) is 18.1. The largest absolute Gasteiger partial charge is 0.388 e. The van der Waals surface area contributed by atoms with Crippen LogP contribution in [0.5, 0.6) is 0 Å². The molecule has 0 bridgehead atoms. The monoisotopic (exact) mass is 360 g/mol. The summed E-state index contributed by atoms with van der Waals surface area (Å²) in [6, 6.07) is 0. The summed E-state index contributed by atoms with van der Waals surface area (Å²) in [7, 11) is 0. The molecule has 0 unspecified atom stereocenters. The molecule has 0 aromatic carbocycles. The Balaban J connectivity index is 1.74. The van der Waals surface area contributed by atoms with E-state index in [1.165, 1.54) is 5.57 Å². The molecule has 0 aromatic heterocycles. The fourth-order valence-electron chi connectivity index (χ4n) is 6.53. The zero-order chi connectivity index (χ0) is 18.9. The molecule has 0 radical (unpaired) electrons. The highest BCUT2D eigenvalue weighted by atomic mass is 16.4. The number of ketones is 2. The molecule has 4 aliphatic carbocycles. The predicted octanol–water partition coefficient (Wildman–Crippen LogP) is 1.70. The molecular weight excluding hydrogens is 332 g/mol. The molecule has 4 rings (SSSR count). The number of rotatable bonds is 2. The standard InChI is InChI=1S/C21H28O5/c1-19-7-5-13(23)9-12(19)3-4-14-15(19)6-8-20(2)16(14)10-17(24)21(20,26)18(25)11-22/h9-10,14-15,17,22,24,26H,3-8,11H2,1-2H3/t14-,15+,17-,19+,20+,21+/m1/s1. The minimum absolute atomic E-state index is 0.0222. The first-order valence-corrected chi connectivity index (χ1v) is 9.69. The lowest BCUT2D eigenvalue weighted by atomic mass is 9.47. The van der Waals surface area contributed by atoms with Crippen LogP contribution in [0.15, 0.2) is 23.3 Å². The van der Waals surface area contributed by atoms with E-state index in [2.05, 4.69) is 6.92 Å². The molecular formula is C21H28O5. The van der Waals surface area contributed by atoms with Crippen molar-refractivity contribution in [2.24, 2.45) is 22.7 Å². The number of carbonyl (C=O) groups is 2. The number of fused-ring (bicyclic) bond motifs is 5. The van der Waals surface area contributed by atoms with E-state index in [1.54, 1.807) is 6.08 Å². The van der Waals surface area contributed by atoms with Gasteiger partial charge in [0.25, 0.3) is 0 Å². The zero-order valence-corrected chi connectivity index (χ0v) is 15.5. The van der Waals surface area contributed by atoms with Gasteiger partial charge in [-0.15, -0.1) is 0 Å². The van der Waals surface area contributed by atoms with E-state index in [0.717, 1.165) is 31.3 Å². The minimum Gasteiger partial charge on any atom is -0.388 e. The van der Waals surface area contributed by atoms with E-state index in [0.29, 0.717) is 18.8 Å². The average Bonchev–Trinajstić information content (AvgIpc) is 2.83. The molecule has 4 aliphatic rings. The Kier molecular flexibility index (Phi) is 3.89. The molecule has 142 valence electrons. The Hall–Kier alpha value is -1.30. The van der Waals surface area contributed by atoms with Crippen molar-refractivity contribution in [3.8, 4) is 0 Å². The van der Waals surface area contributed by atoms with Gasteiger partial charge in [0, 0.05) is 11.8 Å². The number of Topliss-reactive ketones (excluding diaryl/α,β-unsaturated/α-hetero) is 1. The summed E-state index contributed by atoms with van der Waals surface area (Å²) in [6.45, 7) is 3.34. The van der Waals surface area contributed by atoms with E-state index < -0.39 is 29.5 Å². The number of aliphatic hydroxyl groups is 3. The summed E-state index contributed by atoms with van der Waals surface area (Å²) in [5, 5.41) is 31.0. The van der Waals surface area contributed by atoms with Crippen LogP contribution in [-0.2, 0) is 9.59 Å². The zero-order valence-electron chi connectivity index (χ0n) is 15.5. The predicted molar refractivity (Wildman–Crippen MR) is 95.1 cm³/mol. The quantitative estimate of drug-likeness (QED) is 0.652. The minimum atomic E-state index is -1.94. The highest BCUT2D eigenvalue weighted by Gasteiger charge is 2.66. The van der Waals surface area contributed by atoms with Crippen LogP contribution in [0, 0.1) is 22.7 Å². The molecule has 2 saturated carbocycles. The Bertz CT molecular complexity index is 737. The third-order valence-electron chi connectivity index (χ3n) is 8.16. The fourth-order valence-corrected chi connectivity index (χ4v) is 6.53. The first-order chi connectivity index (χ1) is 12.2. The van der Waals surface area contributed by atoms with Crippen molar-refractivity contribution < 1.29 is 24.9 Å². The third kappa shape index (κ3) is 2.02. The summed E-state index contributed by atoms with van der Waals surface area (Å²) in [5.41, 5.74) is -0.579. The Morgan fingerprint density at radius 2 is 1.96 bits per heavy atom. The molecule has 0 saturated heterocycles. The van der Waals surface area contributed by atoms with Crippen LogP contribution in [0.1, 0.15) is 52.4 Å². The first-order valence-electron chi connectivity index (χ1n) is 9.69. The van der Waals surface area contributed by atoms with Gasteiger partial charge in [0.05, 0.1) is 0 Å². The number of aliphatic hydroxyl groups excluding tert-OH is 2. The molecule has 3 N–H and O–H groups in total. The van der Waals surface area contributed by atoms with Crippen LogP contribution in [0.2, 0.25) is 0 Å². The molecule has 5 nitrogen and oxygen atoms in total. The van der Waals surface area contributed by atoms with Crippen molar-refractivity contribution >= 4 is 11.6 Å². The van der Waals surface area contributed by atoms with Gasteiger partial charge in [-0.3, -0.25) is 9.59 Å². The van der Waals surface area contributed by atoms with E-state index in [1.807, 2.05) is 13.0 Å². The molecule has 0 amide bonds. The van der Waals surface area contributed by atoms with Crippen LogP contribution in [0.3, 0.4) is 0 Å². The highest BCUT2D eigenvalue weighted by molar-refractivity contribution is 5.92. The maximum atomic E-state index is 12.4. The smallest absolute Gasteiger partial charge is 0.193 e. The molecule has 0 heterocycles. The number of allylic oxidation sites excluding steroid dienone is 2. The summed E-state index contributed by atoms with van der Waals surface area (Å²) in [5.74, 6) is 0.0611. The van der Waals surface area contributed by atoms with Crippen molar-refractivity contribution in [2.45, 2.75) is 64.1 Å². The van der Waals surface area contributed by atoms with Crippen LogP contribution < -0.4 is 0 Å². The number of carbonyl (C=O) groups excluding carboxylic acids is 2. The Morgan fingerprint density at radius 3 is 2.65 bits per heavy atom. The van der Waals surface area contributed by atoms with Crippen molar-refractivity contribution in [1.29, 1.82) is 0 Å². The van der Waals surface area contributed by atoms with Gasteiger partial charge < -0.3 is 15.3 Å². The van der Waals surface area contributed by atoms with Gasteiger partial charge >= 0.3 is 0 Å². The molecule has 2 fully saturated rings. The van der Waals surface area contributed by atoms with Gasteiger partial charge in [0.2, 0.25) is 0 Å². The molecule has 0 aliphatic heterocycles. The maximum Gasteiger partial charge on any atom is 0.193 e. The van der Waals surface area contributed by atoms with Gasteiger partial charge in [-0.05, 0) is 55.4 Å². The van der Waals surface area contributed by atoms with E-state index >= 15 is 0 Å².